The molecule has 19 heavy (non-hydrogen) atoms. The summed E-state index contributed by atoms with van der Waals surface area (Å²) in [6.45, 7) is 2.90. The lowest BCUT2D eigenvalue weighted by Crippen LogP contribution is -1.98. The van der Waals surface area contributed by atoms with E-state index in [2.05, 4.69) is 75.6 Å². The molecule has 0 atom stereocenters. The molecule has 0 spiro atoms. The molecular weight excluding hydrogens is 320 g/mol. The fourth-order valence-corrected chi connectivity index (χ4v) is 3.11. The molecule has 0 aliphatic carbocycles. The fraction of sp³-hybridized carbons (Fsp3) is 0.133. The largest absolute Gasteiger partial charge is 0.357 e. The lowest BCUT2D eigenvalue weighted by atomic mass is 10.2. The van der Waals surface area contributed by atoms with E-state index < -0.39 is 0 Å². The number of hydrogen-bond acceptors (Lipinski definition) is 3. The van der Waals surface area contributed by atoms with Crippen LogP contribution in [0.4, 0.5) is 5.13 Å². The topological polar surface area (TPSA) is 24.9 Å². The zero-order valence-corrected chi connectivity index (χ0v) is 12.9. The highest BCUT2D eigenvalue weighted by Crippen LogP contribution is 2.27. The summed E-state index contributed by atoms with van der Waals surface area (Å²) in [5.74, 6) is 0. The standard InChI is InChI=1S/C15H13BrN2S/c1-10-2-7-13-14(8-10)19-15(18-13)17-9-11-3-5-12(16)6-4-11/h2-8H,9H2,1H3,(H,17,18). The number of anilines is 1. The second-order valence-electron chi connectivity index (χ2n) is 4.47. The molecule has 0 amide bonds. The zero-order valence-electron chi connectivity index (χ0n) is 10.5. The molecule has 2 aromatic carbocycles. The van der Waals surface area contributed by atoms with E-state index in [0.29, 0.717) is 0 Å². The molecule has 1 aromatic heterocycles. The van der Waals surface area contributed by atoms with Gasteiger partial charge in [-0.3, -0.25) is 0 Å². The summed E-state index contributed by atoms with van der Waals surface area (Å²) in [6, 6.07) is 14.7. The maximum Gasteiger partial charge on any atom is 0.184 e. The van der Waals surface area contributed by atoms with E-state index in [4.69, 9.17) is 0 Å². The van der Waals surface area contributed by atoms with Crippen LogP contribution in [0.5, 0.6) is 0 Å². The van der Waals surface area contributed by atoms with Crippen molar-refractivity contribution in [2.75, 3.05) is 5.32 Å². The van der Waals surface area contributed by atoms with Gasteiger partial charge in [0.25, 0.3) is 0 Å². The van der Waals surface area contributed by atoms with Crippen molar-refractivity contribution >= 4 is 42.6 Å². The van der Waals surface area contributed by atoms with E-state index in [0.717, 1.165) is 21.7 Å². The first kappa shape index (κ1) is 12.6. The summed E-state index contributed by atoms with van der Waals surface area (Å²) in [5, 5.41) is 4.36. The van der Waals surface area contributed by atoms with Gasteiger partial charge in [0.15, 0.2) is 5.13 Å². The molecule has 3 rings (SSSR count). The normalized spacial score (nSPS) is 10.8. The van der Waals surface area contributed by atoms with Gasteiger partial charge in [0.1, 0.15) is 0 Å². The smallest absolute Gasteiger partial charge is 0.184 e. The number of rotatable bonds is 3. The van der Waals surface area contributed by atoms with Crippen LogP contribution in [0.3, 0.4) is 0 Å². The molecule has 0 fully saturated rings. The van der Waals surface area contributed by atoms with Gasteiger partial charge in [0, 0.05) is 11.0 Å². The van der Waals surface area contributed by atoms with Crippen molar-refractivity contribution in [1.29, 1.82) is 0 Å². The Morgan fingerprint density at radius 1 is 1.16 bits per heavy atom. The first-order valence-corrected chi connectivity index (χ1v) is 7.67. The lowest BCUT2D eigenvalue weighted by Gasteiger charge is -2.02. The van der Waals surface area contributed by atoms with Crippen LogP contribution in [0.15, 0.2) is 46.9 Å². The van der Waals surface area contributed by atoms with Crippen LogP contribution in [0.2, 0.25) is 0 Å². The van der Waals surface area contributed by atoms with Crippen LogP contribution in [0.1, 0.15) is 11.1 Å². The number of fused-ring (bicyclic) bond motifs is 1. The van der Waals surface area contributed by atoms with E-state index in [1.54, 1.807) is 11.3 Å². The molecule has 0 aliphatic heterocycles. The molecule has 0 saturated carbocycles. The van der Waals surface area contributed by atoms with Gasteiger partial charge >= 0.3 is 0 Å². The van der Waals surface area contributed by atoms with Crippen LogP contribution in [-0.4, -0.2) is 4.98 Å². The molecule has 0 unspecified atom stereocenters. The third-order valence-electron chi connectivity index (χ3n) is 2.90. The number of aryl methyl sites for hydroxylation is 1. The van der Waals surface area contributed by atoms with Gasteiger partial charge in [-0.15, -0.1) is 0 Å². The summed E-state index contributed by atoms with van der Waals surface area (Å²) in [6.07, 6.45) is 0. The number of nitrogens with zero attached hydrogens (tertiary/aromatic N) is 1. The molecule has 96 valence electrons. The molecule has 0 aliphatic rings. The fourth-order valence-electron chi connectivity index (χ4n) is 1.89. The van der Waals surface area contributed by atoms with Crippen molar-refractivity contribution in [3.05, 3.63) is 58.1 Å². The van der Waals surface area contributed by atoms with Gasteiger partial charge in [0.05, 0.1) is 10.2 Å². The Bertz CT molecular complexity index is 704. The highest BCUT2D eigenvalue weighted by Gasteiger charge is 2.03. The molecule has 2 nitrogen and oxygen atoms in total. The maximum absolute atomic E-state index is 4.58. The average Bonchev–Trinajstić information content (AvgIpc) is 2.80. The second-order valence-corrected chi connectivity index (χ2v) is 6.42. The van der Waals surface area contributed by atoms with Crippen molar-refractivity contribution in [1.82, 2.24) is 4.98 Å². The Kier molecular flexibility index (Phi) is 3.53. The van der Waals surface area contributed by atoms with E-state index in [1.807, 2.05) is 0 Å². The van der Waals surface area contributed by atoms with Crippen LogP contribution >= 0.6 is 27.3 Å². The molecule has 0 bridgehead atoms. The van der Waals surface area contributed by atoms with E-state index >= 15 is 0 Å². The summed E-state index contributed by atoms with van der Waals surface area (Å²) in [7, 11) is 0. The first-order chi connectivity index (χ1) is 9.20. The Morgan fingerprint density at radius 2 is 1.95 bits per heavy atom. The number of aromatic nitrogens is 1. The number of benzene rings is 2. The van der Waals surface area contributed by atoms with Crippen LogP contribution < -0.4 is 5.32 Å². The Morgan fingerprint density at radius 3 is 2.74 bits per heavy atom. The molecule has 1 heterocycles. The molecule has 1 N–H and O–H groups in total. The minimum Gasteiger partial charge on any atom is -0.357 e. The van der Waals surface area contributed by atoms with Crippen molar-refractivity contribution in [3.63, 3.8) is 0 Å². The quantitative estimate of drug-likeness (QED) is 0.731. The SMILES string of the molecule is Cc1ccc2nc(NCc3ccc(Br)cc3)sc2c1. The Labute approximate surface area is 124 Å². The lowest BCUT2D eigenvalue weighted by molar-refractivity contribution is 1.14. The predicted molar refractivity (Wildman–Crippen MR) is 85.8 cm³/mol. The van der Waals surface area contributed by atoms with Crippen LogP contribution in [0, 0.1) is 6.92 Å². The van der Waals surface area contributed by atoms with Gasteiger partial charge in [-0.05, 0) is 42.3 Å². The monoisotopic (exact) mass is 332 g/mol. The Balaban J connectivity index is 1.76. The molecule has 0 radical (unpaired) electrons. The summed E-state index contributed by atoms with van der Waals surface area (Å²) in [4.78, 5) is 4.58. The minimum atomic E-state index is 0.798. The third-order valence-corrected chi connectivity index (χ3v) is 4.41. The summed E-state index contributed by atoms with van der Waals surface area (Å²) >= 11 is 5.14. The number of thiazole rings is 1. The van der Waals surface area contributed by atoms with Crippen molar-refractivity contribution in [3.8, 4) is 0 Å². The van der Waals surface area contributed by atoms with Gasteiger partial charge in [-0.1, -0.05) is 45.5 Å². The maximum atomic E-state index is 4.58. The van der Waals surface area contributed by atoms with Gasteiger partial charge in [-0.25, -0.2) is 4.98 Å². The zero-order chi connectivity index (χ0) is 13.2. The second kappa shape index (κ2) is 5.31. The van der Waals surface area contributed by atoms with E-state index in [9.17, 15) is 0 Å². The third kappa shape index (κ3) is 2.96. The van der Waals surface area contributed by atoms with Gasteiger partial charge in [-0.2, -0.15) is 0 Å². The molecular formula is C15H13BrN2S. The summed E-state index contributed by atoms with van der Waals surface area (Å²) in [5.41, 5.74) is 3.59. The number of nitrogens with one attached hydrogen (secondary N) is 1. The molecule has 0 saturated heterocycles. The van der Waals surface area contributed by atoms with E-state index in [1.165, 1.54) is 15.8 Å². The Hall–Kier alpha value is -1.39. The highest BCUT2D eigenvalue weighted by molar-refractivity contribution is 9.10. The summed E-state index contributed by atoms with van der Waals surface area (Å²) < 4.78 is 2.34. The van der Waals surface area contributed by atoms with Crippen molar-refractivity contribution in [2.45, 2.75) is 13.5 Å². The average molecular weight is 333 g/mol. The highest BCUT2D eigenvalue weighted by atomic mass is 79.9. The van der Waals surface area contributed by atoms with Crippen LogP contribution in [-0.2, 0) is 6.54 Å². The van der Waals surface area contributed by atoms with Gasteiger partial charge in [0.2, 0.25) is 0 Å². The molecule has 4 heteroatoms. The number of halogens is 1. The predicted octanol–water partition coefficient (Wildman–Crippen LogP) is 4.98. The van der Waals surface area contributed by atoms with E-state index in [-0.39, 0.29) is 0 Å². The molecule has 3 aromatic rings. The van der Waals surface area contributed by atoms with Crippen molar-refractivity contribution in [2.24, 2.45) is 0 Å². The number of hydrogen-bond donors (Lipinski definition) is 1. The minimum absolute atomic E-state index is 0.798. The first-order valence-electron chi connectivity index (χ1n) is 6.06. The van der Waals surface area contributed by atoms with Gasteiger partial charge < -0.3 is 5.32 Å². The van der Waals surface area contributed by atoms with Crippen LogP contribution in [0.25, 0.3) is 10.2 Å². The van der Waals surface area contributed by atoms with Crippen molar-refractivity contribution < 1.29 is 0 Å².